The van der Waals surface area contributed by atoms with Gasteiger partial charge >= 0.3 is 0 Å². The average Bonchev–Trinajstić information content (AvgIpc) is 3.49. The van der Waals surface area contributed by atoms with E-state index in [1.807, 2.05) is 89.6 Å². The largest absolute Gasteiger partial charge is 0.494 e. The SMILES string of the molecule is O=C1N=C(c2c[nH]c3ccccc23)C=C1c1c(O)n(Cc2ccccc2)c2ccccc12. The lowest BCUT2D eigenvalue weighted by atomic mass is 10.0. The van der Waals surface area contributed by atoms with Gasteiger partial charge in [-0.25, -0.2) is 4.99 Å². The molecule has 154 valence electrons. The quantitative estimate of drug-likeness (QED) is 0.417. The first-order valence-electron chi connectivity index (χ1n) is 10.5. The molecule has 3 aromatic carbocycles. The molecule has 1 aliphatic rings. The molecule has 0 radical (unpaired) electrons. The van der Waals surface area contributed by atoms with Crippen molar-refractivity contribution in [2.24, 2.45) is 4.99 Å². The van der Waals surface area contributed by atoms with Crippen LogP contribution in [0.1, 0.15) is 16.7 Å². The van der Waals surface area contributed by atoms with Crippen LogP contribution in [-0.2, 0) is 11.3 Å². The fourth-order valence-electron chi connectivity index (χ4n) is 4.48. The minimum atomic E-state index is -0.344. The van der Waals surface area contributed by atoms with Crippen molar-refractivity contribution in [1.29, 1.82) is 0 Å². The van der Waals surface area contributed by atoms with Crippen LogP contribution < -0.4 is 0 Å². The molecule has 5 heteroatoms. The van der Waals surface area contributed by atoms with Gasteiger partial charge in [0.05, 0.1) is 28.9 Å². The van der Waals surface area contributed by atoms with Crippen LogP contribution in [0.25, 0.3) is 27.4 Å². The lowest BCUT2D eigenvalue weighted by molar-refractivity contribution is -0.112. The number of hydrogen-bond donors (Lipinski definition) is 2. The minimum absolute atomic E-state index is 0.0741. The first kappa shape index (κ1) is 18.4. The van der Waals surface area contributed by atoms with Crippen LogP contribution >= 0.6 is 0 Å². The van der Waals surface area contributed by atoms with Crippen LogP contribution in [-0.4, -0.2) is 26.3 Å². The summed E-state index contributed by atoms with van der Waals surface area (Å²) in [5.74, 6) is -0.270. The molecule has 3 heterocycles. The standard InChI is InChI=1S/C27H19N3O2/c31-26-20(14-23(29-26)21-15-28-22-12-6-4-10-18(21)22)25-19-11-5-7-13-24(19)30(27(25)32)16-17-8-2-1-3-9-17/h1-15,28,32H,16H2. The molecule has 0 unspecified atom stereocenters. The van der Waals surface area contributed by atoms with E-state index in [0.717, 1.165) is 32.9 Å². The van der Waals surface area contributed by atoms with Crippen molar-refractivity contribution in [3.8, 4) is 5.88 Å². The van der Waals surface area contributed by atoms with Gasteiger partial charge in [-0.1, -0.05) is 66.7 Å². The number of benzene rings is 3. The van der Waals surface area contributed by atoms with Crippen molar-refractivity contribution < 1.29 is 9.90 Å². The summed E-state index contributed by atoms with van der Waals surface area (Å²) in [7, 11) is 0. The predicted molar refractivity (Wildman–Crippen MR) is 127 cm³/mol. The zero-order chi connectivity index (χ0) is 21.7. The van der Waals surface area contributed by atoms with Crippen LogP contribution in [0.2, 0.25) is 0 Å². The first-order chi connectivity index (χ1) is 15.7. The molecule has 2 N–H and O–H groups in total. The fraction of sp³-hybridized carbons (Fsp3) is 0.0370. The summed E-state index contributed by atoms with van der Waals surface area (Å²) in [6.07, 6.45) is 3.65. The zero-order valence-electron chi connectivity index (χ0n) is 17.1. The van der Waals surface area contributed by atoms with Crippen LogP contribution in [0, 0.1) is 0 Å². The number of carbonyl (C=O) groups is 1. The predicted octanol–water partition coefficient (Wildman–Crippen LogP) is 5.29. The van der Waals surface area contributed by atoms with E-state index in [2.05, 4.69) is 9.98 Å². The van der Waals surface area contributed by atoms with E-state index >= 15 is 0 Å². The van der Waals surface area contributed by atoms with Gasteiger partial charge in [0.1, 0.15) is 0 Å². The number of allylic oxidation sites excluding steroid dienone is 1. The molecule has 6 rings (SSSR count). The van der Waals surface area contributed by atoms with E-state index in [1.165, 1.54) is 0 Å². The summed E-state index contributed by atoms with van der Waals surface area (Å²) < 4.78 is 1.85. The monoisotopic (exact) mass is 417 g/mol. The van der Waals surface area contributed by atoms with E-state index in [1.54, 1.807) is 6.08 Å². The number of nitrogens with one attached hydrogen (secondary N) is 1. The second-order valence-electron chi connectivity index (χ2n) is 7.90. The van der Waals surface area contributed by atoms with Gasteiger partial charge in [-0.3, -0.25) is 4.79 Å². The van der Waals surface area contributed by atoms with Gasteiger partial charge in [0.25, 0.3) is 5.91 Å². The highest BCUT2D eigenvalue weighted by Gasteiger charge is 2.28. The smallest absolute Gasteiger partial charge is 0.278 e. The van der Waals surface area contributed by atoms with Gasteiger partial charge in [0.15, 0.2) is 0 Å². The molecule has 0 saturated carbocycles. The number of nitrogens with zero attached hydrogens (tertiary/aromatic N) is 2. The van der Waals surface area contributed by atoms with E-state index < -0.39 is 0 Å². The summed E-state index contributed by atoms with van der Waals surface area (Å²) in [5, 5.41) is 13.1. The number of aromatic nitrogens is 2. The molecule has 0 atom stereocenters. The van der Waals surface area contributed by atoms with Crippen molar-refractivity contribution >= 4 is 39.0 Å². The Kier molecular flexibility index (Phi) is 4.08. The molecular formula is C27H19N3O2. The Hall–Kier alpha value is -4.38. The minimum Gasteiger partial charge on any atom is -0.494 e. The second-order valence-corrected chi connectivity index (χ2v) is 7.90. The van der Waals surface area contributed by atoms with Crippen molar-refractivity contribution in [1.82, 2.24) is 9.55 Å². The van der Waals surface area contributed by atoms with Gasteiger partial charge in [0.2, 0.25) is 5.88 Å². The lowest BCUT2D eigenvalue weighted by Gasteiger charge is -2.07. The topological polar surface area (TPSA) is 70.4 Å². The third-order valence-electron chi connectivity index (χ3n) is 5.99. The number of aliphatic imine (C=N–C) groups is 1. The highest BCUT2D eigenvalue weighted by atomic mass is 16.3. The van der Waals surface area contributed by atoms with Crippen LogP contribution in [0.4, 0.5) is 0 Å². The number of para-hydroxylation sites is 2. The molecule has 32 heavy (non-hydrogen) atoms. The maximum Gasteiger partial charge on any atom is 0.278 e. The Labute approximate surface area is 184 Å². The van der Waals surface area contributed by atoms with Crippen LogP contribution in [0.5, 0.6) is 5.88 Å². The Balaban J connectivity index is 1.49. The van der Waals surface area contributed by atoms with E-state index in [4.69, 9.17) is 0 Å². The number of aromatic hydroxyl groups is 1. The Bertz CT molecular complexity index is 1570. The lowest BCUT2D eigenvalue weighted by Crippen LogP contribution is -1.99. The van der Waals surface area contributed by atoms with E-state index in [0.29, 0.717) is 23.4 Å². The molecule has 1 amide bonds. The molecule has 0 spiro atoms. The van der Waals surface area contributed by atoms with E-state index in [9.17, 15) is 9.90 Å². The number of H-pyrrole nitrogens is 1. The highest BCUT2D eigenvalue weighted by molar-refractivity contribution is 6.39. The molecule has 0 saturated heterocycles. The maximum atomic E-state index is 13.0. The van der Waals surface area contributed by atoms with Gasteiger partial charge in [-0.2, -0.15) is 0 Å². The first-order valence-corrected chi connectivity index (χ1v) is 10.5. The van der Waals surface area contributed by atoms with Crippen molar-refractivity contribution in [3.05, 3.63) is 108 Å². The van der Waals surface area contributed by atoms with Crippen LogP contribution in [0.3, 0.4) is 0 Å². The molecule has 0 aliphatic carbocycles. The van der Waals surface area contributed by atoms with Gasteiger partial charge < -0.3 is 14.7 Å². The highest BCUT2D eigenvalue weighted by Crippen LogP contribution is 2.39. The average molecular weight is 417 g/mol. The molecule has 5 nitrogen and oxygen atoms in total. The molecule has 0 fully saturated rings. The fourth-order valence-corrected chi connectivity index (χ4v) is 4.48. The molecule has 1 aliphatic heterocycles. The summed E-state index contributed by atoms with van der Waals surface area (Å²) >= 11 is 0. The number of carbonyl (C=O) groups excluding carboxylic acids is 1. The van der Waals surface area contributed by atoms with Crippen molar-refractivity contribution in [2.75, 3.05) is 0 Å². The number of fused-ring (bicyclic) bond motifs is 2. The summed E-state index contributed by atoms with van der Waals surface area (Å²) in [4.78, 5) is 20.6. The zero-order valence-corrected chi connectivity index (χ0v) is 17.1. The molecule has 5 aromatic rings. The van der Waals surface area contributed by atoms with Crippen molar-refractivity contribution in [3.63, 3.8) is 0 Å². The normalized spacial score (nSPS) is 13.7. The number of aromatic amines is 1. The number of amides is 1. The molecule has 2 aromatic heterocycles. The number of hydrogen-bond acceptors (Lipinski definition) is 2. The third-order valence-corrected chi connectivity index (χ3v) is 5.99. The number of rotatable bonds is 4. The van der Waals surface area contributed by atoms with Crippen LogP contribution in [0.15, 0.2) is 96.1 Å². The summed E-state index contributed by atoms with van der Waals surface area (Å²) in [6, 6.07) is 25.6. The second kappa shape index (κ2) is 7.10. The summed E-state index contributed by atoms with van der Waals surface area (Å²) in [5.41, 5.74) is 5.33. The van der Waals surface area contributed by atoms with Gasteiger partial charge in [0, 0.05) is 28.0 Å². The van der Waals surface area contributed by atoms with Gasteiger partial charge in [-0.15, -0.1) is 0 Å². The Morgan fingerprint density at radius 1 is 0.875 bits per heavy atom. The Morgan fingerprint density at radius 2 is 1.59 bits per heavy atom. The summed E-state index contributed by atoms with van der Waals surface area (Å²) in [6.45, 7) is 0.505. The van der Waals surface area contributed by atoms with Crippen molar-refractivity contribution in [2.45, 2.75) is 6.54 Å². The maximum absolute atomic E-state index is 13.0. The molecular weight excluding hydrogens is 398 g/mol. The van der Waals surface area contributed by atoms with E-state index in [-0.39, 0.29) is 11.8 Å². The van der Waals surface area contributed by atoms with Gasteiger partial charge in [-0.05, 0) is 23.8 Å². The molecule has 0 bridgehead atoms. The third kappa shape index (κ3) is 2.79. The Morgan fingerprint density at radius 3 is 2.44 bits per heavy atom.